The Morgan fingerprint density at radius 3 is 3.00 bits per heavy atom. The lowest BCUT2D eigenvalue weighted by Crippen LogP contribution is -2.43. The fourth-order valence-electron chi connectivity index (χ4n) is 1.92. The van der Waals surface area contributed by atoms with Crippen LogP contribution in [0.2, 0.25) is 5.15 Å². The van der Waals surface area contributed by atoms with E-state index >= 15 is 0 Å². The normalized spacial score (nSPS) is 19.8. The van der Waals surface area contributed by atoms with E-state index in [1.54, 1.807) is 11.9 Å². The molecule has 96 valence electrons. The molecule has 0 aliphatic carbocycles. The lowest BCUT2D eigenvalue weighted by Gasteiger charge is -2.30. The van der Waals surface area contributed by atoms with Crippen LogP contribution in [0.3, 0.4) is 0 Å². The smallest absolute Gasteiger partial charge is 0.222 e. The third-order valence-electron chi connectivity index (χ3n) is 2.92. The van der Waals surface area contributed by atoms with Gasteiger partial charge in [-0.1, -0.05) is 11.6 Å². The number of likely N-dealkylation sites (tertiary alicyclic amines) is 1. The fraction of sp³-hybridized carbons (Fsp3) is 0.455. The molecule has 1 atom stereocenters. The van der Waals surface area contributed by atoms with E-state index in [9.17, 15) is 9.59 Å². The van der Waals surface area contributed by atoms with Gasteiger partial charge in [0.1, 0.15) is 17.3 Å². The van der Waals surface area contributed by atoms with Crippen molar-refractivity contribution in [2.75, 3.05) is 18.9 Å². The molecule has 18 heavy (non-hydrogen) atoms. The summed E-state index contributed by atoms with van der Waals surface area (Å²) < 4.78 is 0. The van der Waals surface area contributed by atoms with Crippen molar-refractivity contribution in [3.8, 4) is 0 Å². The maximum Gasteiger partial charge on any atom is 0.222 e. The molecule has 1 aliphatic heterocycles. The van der Waals surface area contributed by atoms with E-state index in [-0.39, 0.29) is 22.7 Å². The van der Waals surface area contributed by atoms with Crippen molar-refractivity contribution >= 4 is 29.6 Å². The van der Waals surface area contributed by atoms with Crippen LogP contribution >= 0.6 is 11.6 Å². The predicted octanol–water partition coefficient (Wildman–Crippen LogP) is 0.975. The highest BCUT2D eigenvalue weighted by atomic mass is 35.5. The SMILES string of the molecule is CN1CC(Nc2ncnc(Cl)c2C=O)CCC1=O. The minimum absolute atomic E-state index is 0.0670. The average molecular weight is 269 g/mol. The summed E-state index contributed by atoms with van der Waals surface area (Å²) in [6, 6.07) is 0.0670. The number of rotatable bonds is 3. The Morgan fingerprint density at radius 2 is 2.33 bits per heavy atom. The van der Waals surface area contributed by atoms with Crippen LogP contribution in [0.5, 0.6) is 0 Å². The molecule has 1 N–H and O–H groups in total. The van der Waals surface area contributed by atoms with Crippen molar-refractivity contribution in [2.45, 2.75) is 18.9 Å². The molecule has 1 aromatic rings. The maximum atomic E-state index is 11.4. The maximum absolute atomic E-state index is 11.4. The van der Waals surface area contributed by atoms with Crippen LogP contribution in [0.25, 0.3) is 0 Å². The van der Waals surface area contributed by atoms with Crippen LogP contribution in [0, 0.1) is 0 Å². The van der Waals surface area contributed by atoms with Crippen molar-refractivity contribution in [3.63, 3.8) is 0 Å². The Kier molecular flexibility index (Phi) is 3.76. The fourth-order valence-corrected chi connectivity index (χ4v) is 2.09. The van der Waals surface area contributed by atoms with E-state index in [0.29, 0.717) is 31.5 Å². The van der Waals surface area contributed by atoms with Gasteiger partial charge in [-0.2, -0.15) is 0 Å². The quantitative estimate of drug-likeness (QED) is 0.653. The van der Waals surface area contributed by atoms with Gasteiger partial charge < -0.3 is 10.2 Å². The third kappa shape index (κ3) is 2.59. The van der Waals surface area contributed by atoms with Gasteiger partial charge in [-0.3, -0.25) is 9.59 Å². The number of nitrogens with one attached hydrogen (secondary N) is 1. The molecule has 0 aromatic carbocycles. The van der Waals surface area contributed by atoms with Crippen LogP contribution in [0.1, 0.15) is 23.2 Å². The minimum Gasteiger partial charge on any atom is -0.365 e. The monoisotopic (exact) mass is 268 g/mol. The molecule has 2 heterocycles. The number of halogens is 1. The van der Waals surface area contributed by atoms with Gasteiger partial charge in [0, 0.05) is 26.1 Å². The van der Waals surface area contributed by atoms with Gasteiger partial charge >= 0.3 is 0 Å². The molecule has 1 unspecified atom stereocenters. The molecule has 0 spiro atoms. The Morgan fingerprint density at radius 1 is 1.56 bits per heavy atom. The van der Waals surface area contributed by atoms with Gasteiger partial charge in [0.25, 0.3) is 0 Å². The van der Waals surface area contributed by atoms with Gasteiger partial charge in [0.05, 0.1) is 5.56 Å². The molecular weight excluding hydrogens is 256 g/mol. The molecule has 0 bridgehead atoms. The highest BCUT2D eigenvalue weighted by molar-refractivity contribution is 6.32. The Balaban J connectivity index is 2.12. The first-order valence-corrected chi connectivity index (χ1v) is 5.95. The number of aldehydes is 1. The summed E-state index contributed by atoms with van der Waals surface area (Å²) in [5.41, 5.74) is 0.249. The summed E-state index contributed by atoms with van der Waals surface area (Å²) in [5.74, 6) is 0.544. The summed E-state index contributed by atoms with van der Waals surface area (Å²) in [6.45, 7) is 0.582. The Hall–Kier alpha value is -1.69. The molecule has 1 aromatic heterocycles. The number of carbonyl (C=O) groups is 2. The lowest BCUT2D eigenvalue weighted by molar-refractivity contribution is -0.132. The summed E-state index contributed by atoms with van der Waals surface area (Å²) in [7, 11) is 1.75. The second-order valence-electron chi connectivity index (χ2n) is 4.20. The van der Waals surface area contributed by atoms with E-state index in [4.69, 9.17) is 11.6 Å². The van der Waals surface area contributed by atoms with E-state index in [1.165, 1.54) is 6.33 Å². The van der Waals surface area contributed by atoms with E-state index in [2.05, 4.69) is 15.3 Å². The lowest BCUT2D eigenvalue weighted by atomic mass is 10.1. The van der Waals surface area contributed by atoms with Crippen LogP contribution < -0.4 is 5.32 Å². The molecule has 6 nitrogen and oxygen atoms in total. The first-order valence-electron chi connectivity index (χ1n) is 5.58. The summed E-state index contributed by atoms with van der Waals surface area (Å²) in [4.78, 5) is 31.7. The molecule has 2 rings (SSSR count). The molecule has 1 aliphatic rings. The molecule has 1 fully saturated rings. The van der Waals surface area contributed by atoms with Gasteiger partial charge in [-0.25, -0.2) is 9.97 Å². The second-order valence-corrected chi connectivity index (χ2v) is 4.56. The number of amides is 1. The van der Waals surface area contributed by atoms with Crippen molar-refractivity contribution in [3.05, 3.63) is 17.0 Å². The summed E-state index contributed by atoms with van der Waals surface area (Å²) in [5, 5.41) is 3.26. The molecule has 0 saturated carbocycles. The average Bonchev–Trinajstić information content (AvgIpc) is 2.34. The van der Waals surface area contributed by atoms with Crippen molar-refractivity contribution < 1.29 is 9.59 Å². The molecule has 1 saturated heterocycles. The first kappa shape index (κ1) is 12.8. The zero-order chi connectivity index (χ0) is 13.1. The number of piperidine rings is 1. The van der Waals surface area contributed by atoms with E-state index in [0.717, 1.165) is 0 Å². The van der Waals surface area contributed by atoms with Crippen LogP contribution in [-0.4, -0.2) is 46.7 Å². The van der Waals surface area contributed by atoms with Crippen molar-refractivity contribution in [1.29, 1.82) is 0 Å². The topological polar surface area (TPSA) is 75.2 Å². The summed E-state index contributed by atoms with van der Waals surface area (Å²) >= 11 is 5.81. The van der Waals surface area contributed by atoms with E-state index < -0.39 is 0 Å². The number of anilines is 1. The Labute approximate surface area is 109 Å². The molecule has 1 amide bonds. The van der Waals surface area contributed by atoms with Gasteiger partial charge in [-0.15, -0.1) is 0 Å². The van der Waals surface area contributed by atoms with Crippen molar-refractivity contribution in [1.82, 2.24) is 14.9 Å². The minimum atomic E-state index is 0.0670. The third-order valence-corrected chi connectivity index (χ3v) is 3.22. The molecule has 7 heteroatoms. The standard InChI is InChI=1S/C11H13ClN4O2/c1-16-4-7(2-3-9(16)18)15-11-8(5-17)10(12)13-6-14-11/h5-7H,2-4H2,1H3,(H,13,14,15). The van der Waals surface area contributed by atoms with Crippen molar-refractivity contribution in [2.24, 2.45) is 0 Å². The van der Waals surface area contributed by atoms with Crippen LogP contribution in [0.4, 0.5) is 5.82 Å². The number of carbonyl (C=O) groups excluding carboxylic acids is 2. The van der Waals surface area contributed by atoms with Crippen LogP contribution in [-0.2, 0) is 4.79 Å². The molecule has 0 radical (unpaired) electrons. The summed E-state index contributed by atoms with van der Waals surface area (Å²) in [6.07, 6.45) is 3.13. The van der Waals surface area contributed by atoms with Gasteiger partial charge in [-0.05, 0) is 6.42 Å². The van der Waals surface area contributed by atoms with E-state index in [1.807, 2.05) is 0 Å². The zero-order valence-electron chi connectivity index (χ0n) is 9.89. The predicted molar refractivity (Wildman–Crippen MR) is 66.7 cm³/mol. The highest BCUT2D eigenvalue weighted by Gasteiger charge is 2.23. The van der Waals surface area contributed by atoms with Crippen LogP contribution in [0.15, 0.2) is 6.33 Å². The largest absolute Gasteiger partial charge is 0.365 e. The van der Waals surface area contributed by atoms with Gasteiger partial charge in [0.15, 0.2) is 6.29 Å². The number of hydrogen-bond donors (Lipinski definition) is 1. The van der Waals surface area contributed by atoms with Gasteiger partial charge in [0.2, 0.25) is 5.91 Å². The molecular formula is C11H13ClN4O2. The number of nitrogens with zero attached hydrogens (tertiary/aromatic N) is 3. The second kappa shape index (κ2) is 5.30. The number of likely N-dealkylation sites (N-methyl/N-ethyl adjacent to an activating group) is 1. The zero-order valence-corrected chi connectivity index (χ0v) is 10.6. The highest BCUT2D eigenvalue weighted by Crippen LogP contribution is 2.20. The Bertz CT molecular complexity index is 480. The number of aromatic nitrogens is 2. The number of hydrogen-bond acceptors (Lipinski definition) is 5. The first-order chi connectivity index (χ1) is 8.61.